The lowest BCUT2D eigenvalue weighted by Gasteiger charge is -2.48. The normalized spacial score (nSPS) is 25.0. The van der Waals surface area contributed by atoms with E-state index in [1.807, 2.05) is 0 Å². The van der Waals surface area contributed by atoms with Crippen LogP contribution in [0.1, 0.15) is 34.6 Å². The molecule has 0 unspecified atom stereocenters. The van der Waals surface area contributed by atoms with E-state index >= 15 is 0 Å². The fourth-order valence-corrected chi connectivity index (χ4v) is 2.47. The molecule has 0 N–H and O–H groups in total. The fraction of sp³-hybridized carbons (Fsp3) is 1.00. The van der Waals surface area contributed by atoms with Crippen molar-refractivity contribution in [2.24, 2.45) is 5.18 Å². The molecule has 16 heavy (non-hydrogen) atoms. The quantitative estimate of drug-likeness (QED) is 0.691. The molecule has 1 aliphatic rings. The predicted octanol–water partition coefficient (Wildman–Crippen LogP) is 1.95. The van der Waals surface area contributed by atoms with Gasteiger partial charge in [-0.3, -0.25) is 9.80 Å². The van der Waals surface area contributed by atoms with Gasteiger partial charge in [-0.1, -0.05) is 5.18 Å². The van der Waals surface area contributed by atoms with Crippen molar-refractivity contribution in [1.29, 1.82) is 0 Å². The summed E-state index contributed by atoms with van der Waals surface area (Å²) in [7, 11) is 0. The average molecular weight is 227 g/mol. The number of piperazine rings is 1. The van der Waals surface area contributed by atoms with E-state index in [-0.39, 0.29) is 11.6 Å². The minimum absolute atomic E-state index is 0.123. The Morgan fingerprint density at radius 2 is 1.94 bits per heavy atom. The van der Waals surface area contributed by atoms with Crippen LogP contribution in [-0.4, -0.2) is 53.6 Å². The molecule has 0 aliphatic carbocycles. The second-order valence-corrected chi connectivity index (χ2v) is 5.92. The highest BCUT2D eigenvalue weighted by Gasteiger charge is 2.34. The zero-order valence-electron chi connectivity index (χ0n) is 11.2. The first-order valence-electron chi connectivity index (χ1n) is 6.16. The van der Waals surface area contributed by atoms with E-state index in [2.05, 4.69) is 49.6 Å². The van der Waals surface area contributed by atoms with Crippen LogP contribution in [0.4, 0.5) is 0 Å². The van der Waals surface area contributed by atoms with E-state index < -0.39 is 0 Å². The van der Waals surface area contributed by atoms with Gasteiger partial charge in [-0.2, -0.15) is 4.91 Å². The summed E-state index contributed by atoms with van der Waals surface area (Å²) in [6.07, 6.45) is 0. The molecule has 0 spiro atoms. The molecule has 4 nitrogen and oxygen atoms in total. The van der Waals surface area contributed by atoms with Gasteiger partial charge in [0.05, 0.1) is 6.54 Å². The molecule has 0 saturated carbocycles. The molecule has 0 aromatic rings. The van der Waals surface area contributed by atoms with Gasteiger partial charge in [0.15, 0.2) is 0 Å². The first kappa shape index (κ1) is 13.6. The molecule has 0 bridgehead atoms. The van der Waals surface area contributed by atoms with Gasteiger partial charge in [0.25, 0.3) is 0 Å². The van der Waals surface area contributed by atoms with Crippen LogP contribution >= 0.6 is 0 Å². The summed E-state index contributed by atoms with van der Waals surface area (Å²) in [5.74, 6) is 0. The summed E-state index contributed by atoms with van der Waals surface area (Å²) in [5, 5.41) is 3.10. The first-order valence-corrected chi connectivity index (χ1v) is 6.16. The second-order valence-electron chi connectivity index (χ2n) is 5.92. The highest BCUT2D eigenvalue weighted by atomic mass is 16.3. The lowest BCUT2D eigenvalue weighted by atomic mass is 9.99. The van der Waals surface area contributed by atoms with E-state index in [0.29, 0.717) is 12.6 Å². The summed E-state index contributed by atoms with van der Waals surface area (Å²) in [5.41, 5.74) is 0.123. The van der Waals surface area contributed by atoms with Crippen LogP contribution in [0, 0.1) is 4.91 Å². The Labute approximate surface area is 99.0 Å². The van der Waals surface area contributed by atoms with Crippen LogP contribution in [0.3, 0.4) is 0 Å². The number of nitroso groups, excluding NO2 is 1. The minimum Gasteiger partial charge on any atom is -0.298 e. The second kappa shape index (κ2) is 5.23. The smallest absolute Gasteiger partial charge is 0.0979 e. The Balaban J connectivity index is 2.71. The standard InChI is InChI=1S/C12H25N3O/c1-10(2)14-6-7-15(12(3,4)5)11(9-14)8-13-16/h10-11H,6-9H2,1-5H3/t11-/m0/s1. The monoisotopic (exact) mass is 227 g/mol. The van der Waals surface area contributed by atoms with Crippen LogP contribution in [0.15, 0.2) is 5.18 Å². The molecule has 1 atom stereocenters. The summed E-state index contributed by atoms with van der Waals surface area (Å²) >= 11 is 0. The van der Waals surface area contributed by atoms with Crippen LogP contribution < -0.4 is 0 Å². The molecule has 0 aromatic carbocycles. The van der Waals surface area contributed by atoms with Crippen molar-refractivity contribution in [1.82, 2.24) is 9.80 Å². The van der Waals surface area contributed by atoms with E-state index in [9.17, 15) is 4.91 Å². The Hall–Kier alpha value is -0.480. The number of hydrogen-bond acceptors (Lipinski definition) is 4. The fourth-order valence-electron chi connectivity index (χ4n) is 2.47. The Morgan fingerprint density at radius 3 is 2.38 bits per heavy atom. The molecule has 1 fully saturated rings. The third-order valence-electron chi connectivity index (χ3n) is 3.39. The molecule has 1 aliphatic heterocycles. The van der Waals surface area contributed by atoms with Crippen molar-refractivity contribution in [2.45, 2.75) is 52.2 Å². The molecule has 1 rings (SSSR count). The maximum atomic E-state index is 10.5. The third-order valence-corrected chi connectivity index (χ3v) is 3.39. The first-order chi connectivity index (χ1) is 7.36. The Bertz CT molecular complexity index is 235. The van der Waals surface area contributed by atoms with Crippen LogP contribution in [0.5, 0.6) is 0 Å². The largest absolute Gasteiger partial charge is 0.298 e. The third kappa shape index (κ3) is 3.25. The van der Waals surface area contributed by atoms with Gasteiger partial charge in [-0.05, 0) is 34.6 Å². The number of hydrogen-bond donors (Lipinski definition) is 0. The molecule has 0 aromatic heterocycles. The SMILES string of the molecule is CC(C)N1CCN(C(C)(C)C)[C@@H](CN=O)C1. The van der Waals surface area contributed by atoms with Crippen molar-refractivity contribution in [3.05, 3.63) is 4.91 Å². The van der Waals surface area contributed by atoms with E-state index in [1.54, 1.807) is 0 Å². The van der Waals surface area contributed by atoms with Crippen LogP contribution in [-0.2, 0) is 0 Å². The van der Waals surface area contributed by atoms with Crippen molar-refractivity contribution in [3.8, 4) is 0 Å². The maximum Gasteiger partial charge on any atom is 0.0979 e. The van der Waals surface area contributed by atoms with Gasteiger partial charge in [0.2, 0.25) is 0 Å². The van der Waals surface area contributed by atoms with E-state index in [1.165, 1.54) is 0 Å². The number of rotatable bonds is 3. The highest BCUT2D eigenvalue weighted by molar-refractivity contribution is 4.91. The predicted molar refractivity (Wildman–Crippen MR) is 67.6 cm³/mol. The highest BCUT2D eigenvalue weighted by Crippen LogP contribution is 2.22. The Kier molecular flexibility index (Phi) is 4.44. The Morgan fingerprint density at radius 1 is 1.31 bits per heavy atom. The van der Waals surface area contributed by atoms with Crippen molar-refractivity contribution in [3.63, 3.8) is 0 Å². The van der Waals surface area contributed by atoms with Crippen molar-refractivity contribution in [2.75, 3.05) is 26.2 Å². The number of nitrogens with zero attached hydrogens (tertiary/aromatic N) is 3. The minimum atomic E-state index is 0.123. The lowest BCUT2D eigenvalue weighted by molar-refractivity contribution is 0.00326. The average Bonchev–Trinajstić information content (AvgIpc) is 2.16. The maximum absolute atomic E-state index is 10.5. The summed E-state index contributed by atoms with van der Waals surface area (Å²) in [6.45, 7) is 14.5. The van der Waals surface area contributed by atoms with Gasteiger partial charge in [-0.25, -0.2) is 0 Å². The van der Waals surface area contributed by atoms with Crippen molar-refractivity contribution >= 4 is 0 Å². The molecule has 4 heteroatoms. The molecule has 1 heterocycles. The van der Waals surface area contributed by atoms with Crippen LogP contribution in [0.2, 0.25) is 0 Å². The zero-order chi connectivity index (χ0) is 12.3. The molecular weight excluding hydrogens is 202 g/mol. The van der Waals surface area contributed by atoms with Gasteiger partial charge in [0.1, 0.15) is 0 Å². The lowest BCUT2D eigenvalue weighted by Crippen LogP contribution is -2.61. The van der Waals surface area contributed by atoms with E-state index in [0.717, 1.165) is 19.6 Å². The van der Waals surface area contributed by atoms with E-state index in [4.69, 9.17) is 0 Å². The summed E-state index contributed by atoms with van der Waals surface area (Å²) in [4.78, 5) is 15.4. The molecule has 0 amide bonds. The topological polar surface area (TPSA) is 35.9 Å². The van der Waals surface area contributed by atoms with Crippen LogP contribution in [0.25, 0.3) is 0 Å². The molecular formula is C12H25N3O. The zero-order valence-corrected chi connectivity index (χ0v) is 11.2. The van der Waals surface area contributed by atoms with Crippen molar-refractivity contribution < 1.29 is 0 Å². The van der Waals surface area contributed by atoms with Gasteiger partial charge in [-0.15, -0.1) is 0 Å². The van der Waals surface area contributed by atoms with Gasteiger partial charge >= 0.3 is 0 Å². The summed E-state index contributed by atoms with van der Waals surface area (Å²) in [6, 6.07) is 0.824. The van der Waals surface area contributed by atoms with Gasteiger partial charge in [0, 0.05) is 37.3 Å². The molecule has 1 saturated heterocycles. The molecule has 94 valence electrons. The molecule has 0 radical (unpaired) electrons. The summed E-state index contributed by atoms with van der Waals surface area (Å²) < 4.78 is 0. The van der Waals surface area contributed by atoms with Gasteiger partial charge < -0.3 is 0 Å².